The van der Waals surface area contributed by atoms with Gasteiger partial charge in [0.25, 0.3) is 0 Å². The summed E-state index contributed by atoms with van der Waals surface area (Å²) in [4.78, 5) is 0. The van der Waals surface area contributed by atoms with Crippen LogP contribution in [0.1, 0.15) is 111 Å². The first-order valence-corrected chi connectivity index (χ1v) is 24.3. The second-order valence-electron chi connectivity index (χ2n) is 18.7. The molecule has 0 radical (unpaired) electrons. The highest BCUT2D eigenvalue weighted by Gasteiger charge is 2.58. The minimum absolute atomic E-state index is 0.204. The summed E-state index contributed by atoms with van der Waals surface area (Å²) in [5, 5.41) is 34.1. The molecule has 5 saturated heterocycles. The van der Waals surface area contributed by atoms with Gasteiger partial charge in [-0.05, 0) is 116 Å². The van der Waals surface area contributed by atoms with E-state index >= 15 is 0 Å². The van der Waals surface area contributed by atoms with Crippen LogP contribution in [0.3, 0.4) is 0 Å². The van der Waals surface area contributed by atoms with Crippen molar-refractivity contribution in [3.8, 4) is 0 Å². The quantitative estimate of drug-likeness (QED) is 0.149. The fourth-order valence-corrected chi connectivity index (χ4v) is 17.5. The average Bonchev–Trinajstić information content (AvgIpc) is 3.79. The summed E-state index contributed by atoms with van der Waals surface area (Å²) in [6.45, 7) is 7.28. The molecule has 8 nitrogen and oxygen atoms in total. The van der Waals surface area contributed by atoms with Gasteiger partial charge in [0.1, 0.15) is 0 Å². The van der Waals surface area contributed by atoms with Crippen molar-refractivity contribution in [3.63, 3.8) is 0 Å². The van der Waals surface area contributed by atoms with Gasteiger partial charge in [-0.25, -0.2) is 0 Å². The molecule has 18 atom stereocenters. The fourth-order valence-electron chi connectivity index (χ4n) is 13.5. The van der Waals surface area contributed by atoms with Crippen LogP contribution in [-0.4, -0.2) is 56.7 Å². The van der Waals surface area contributed by atoms with E-state index in [0.717, 1.165) is 0 Å². The molecule has 47 heavy (non-hydrogen) atoms. The van der Waals surface area contributed by atoms with Gasteiger partial charge in [0, 0.05) is 0 Å². The fraction of sp³-hybridized carbons (Fsp3) is 1.00. The standard InChI is InChI=1S/C36H64Cl2N8Si/c1-36(2,3)25-17-16-24-26(27(25)47(37)38)35-45-33-23-15-9-8-14-22(23)31(43-33)41-29-19-11-5-4-10-18(19)28(39-29)40-30-20-12-6-7-13-21(20)32(42-30)44-34(24)46-35/h18-35,39-47H,4-17H2,1-3H3. The van der Waals surface area contributed by atoms with E-state index < -0.39 is 7.42 Å². The lowest BCUT2D eigenvalue weighted by Gasteiger charge is -2.48. The summed E-state index contributed by atoms with van der Waals surface area (Å²) in [5.41, 5.74) is 0.597. The van der Waals surface area contributed by atoms with Gasteiger partial charge < -0.3 is 0 Å². The average molecular weight is 708 g/mol. The predicted molar refractivity (Wildman–Crippen MR) is 193 cm³/mol. The van der Waals surface area contributed by atoms with Gasteiger partial charge in [-0.1, -0.05) is 59.3 Å². The lowest BCUT2D eigenvalue weighted by atomic mass is 9.64. The van der Waals surface area contributed by atoms with Crippen molar-refractivity contribution in [1.29, 1.82) is 0 Å². The molecule has 18 unspecified atom stereocenters. The van der Waals surface area contributed by atoms with Crippen molar-refractivity contribution in [2.75, 3.05) is 0 Å². The van der Waals surface area contributed by atoms with Crippen LogP contribution in [0.15, 0.2) is 0 Å². The Balaban J connectivity index is 1.08. The van der Waals surface area contributed by atoms with Crippen LogP contribution in [0, 0.1) is 58.7 Å². The minimum Gasteiger partial charge on any atom is -0.286 e. The molecular formula is C36H64Cl2N8Si. The Labute approximate surface area is 295 Å². The third kappa shape index (κ3) is 5.93. The van der Waals surface area contributed by atoms with Crippen LogP contribution in [0.4, 0.5) is 0 Å². The Morgan fingerprint density at radius 3 is 1.00 bits per heavy atom. The Bertz CT molecular complexity index is 1130. The van der Waals surface area contributed by atoms with Crippen LogP contribution in [-0.2, 0) is 0 Å². The van der Waals surface area contributed by atoms with Gasteiger partial charge in [0.05, 0.1) is 49.3 Å². The highest BCUT2D eigenvalue weighted by atomic mass is 35.7. The van der Waals surface area contributed by atoms with E-state index in [4.69, 9.17) is 22.2 Å². The first-order chi connectivity index (χ1) is 22.7. The summed E-state index contributed by atoms with van der Waals surface area (Å²) in [7, 11) is -1.97. The van der Waals surface area contributed by atoms with E-state index in [0.29, 0.717) is 95.8 Å². The largest absolute Gasteiger partial charge is 0.286 e. The molecular weight excluding hydrogens is 643 g/mol. The van der Waals surface area contributed by atoms with Gasteiger partial charge in [-0.3, -0.25) is 42.5 Å². The Morgan fingerprint density at radius 2 is 0.702 bits per heavy atom. The summed E-state index contributed by atoms with van der Waals surface area (Å²) >= 11 is 14.4. The Morgan fingerprint density at radius 1 is 0.404 bits per heavy atom. The highest BCUT2D eigenvalue weighted by molar-refractivity contribution is 7.34. The lowest BCUT2D eigenvalue weighted by molar-refractivity contribution is 0.0870. The summed E-state index contributed by atoms with van der Waals surface area (Å²) in [5.74, 6) is 5.65. The monoisotopic (exact) mass is 706 g/mol. The SMILES string of the molecule is CC(C)(C)C1CCC2C3NC4NC(NC5NC(NC6NC(NC(N3)C2C1[SiH](Cl)Cl)C1CCCCC61)C1CCCCC51)C1CCCCC41. The van der Waals surface area contributed by atoms with E-state index in [1.165, 1.54) is 89.9 Å². The van der Waals surface area contributed by atoms with Crippen LogP contribution < -0.4 is 42.5 Å². The highest BCUT2D eigenvalue weighted by Crippen LogP contribution is 2.56. The first kappa shape index (κ1) is 33.3. The van der Waals surface area contributed by atoms with Crippen molar-refractivity contribution in [2.24, 2.45) is 58.7 Å². The number of rotatable bonds is 1. The van der Waals surface area contributed by atoms with Crippen molar-refractivity contribution < 1.29 is 0 Å². The van der Waals surface area contributed by atoms with Gasteiger partial charge in [-0.15, -0.1) is 0 Å². The van der Waals surface area contributed by atoms with Crippen LogP contribution in [0.2, 0.25) is 5.54 Å². The molecule has 0 aromatic heterocycles. The maximum absolute atomic E-state index is 7.20. The number of hydrogen-bond donors (Lipinski definition) is 8. The zero-order valence-corrected chi connectivity index (χ0v) is 31.8. The smallest absolute Gasteiger partial charge is 0.240 e. The molecule has 266 valence electrons. The van der Waals surface area contributed by atoms with Gasteiger partial charge >= 0.3 is 0 Å². The molecule has 9 rings (SSSR count). The second-order valence-corrected chi connectivity index (χ2v) is 23.6. The maximum atomic E-state index is 7.20. The van der Waals surface area contributed by atoms with E-state index in [1.807, 2.05) is 0 Å². The number of nitrogens with one attached hydrogen (secondary N) is 8. The summed E-state index contributed by atoms with van der Waals surface area (Å²) in [6, 6.07) is 0. The molecule has 5 aliphatic heterocycles. The minimum atomic E-state index is -1.97. The maximum Gasteiger partial charge on any atom is 0.240 e. The van der Waals surface area contributed by atoms with Gasteiger partial charge in [-0.2, -0.15) is 22.2 Å². The molecule has 9 fully saturated rings. The number of fused-ring (bicyclic) bond motifs is 20. The molecule has 11 heteroatoms. The normalized spacial score (nSPS) is 54.5. The molecule has 8 N–H and O–H groups in total. The Hall–Kier alpha value is 0.477. The Kier molecular flexibility index (Phi) is 9.33. The van der Waals surface area contributed by atoms with E-state index in [-0.39, 0.29) is 17.7 Å². The van der Waals surface area contributed by atoms with Crippen molar-refractivity contribution >= 4 is 29.6 Å². The van der Waals surface area contributed by atoms with E-state index in [2.05, 4.69) is 63.3 Å². The zero-order chi connectivity index (χ0) is 32.0. The first-order valence-electron chi connectivity index (χ1n) is 20.1. The van der Waals surface area contributed by atoms with Crippen LogP contribution >= 0.6 is 22.2 Å². The third-order valence-electron chi connectivity index (χ3n) is 15.5. The lowest BCUT2D eigenvalue weighted by Crippen LogP contribution is -2.61. The zero-order valence-electron chi connectivity index (χ0n) is 29.1. The van der Waals surface area contributed by atoms with Crippen LogP contribution in [0.25, 0.3) is 0 Å². The molecule has 0 aromatic rings. The van der Waals surface area contributed by atoms with Gasteiger partial charge in [0.2, 0.25) is 7.42 Å². The molecule has 5 heterocycles. The van der Waals surface area contributed by atoms with E-state index in [1.54, 1.807) is 0 Å². The number of hydrogen-bond acceptors (Lipinski definition) is 8. The molecule has 8 bridgehead atoms. The summed E-state index contributed by atoms with van der Waals surface area (Å²) < 4.78 is 0. The molecule has 9 aliphatic rings. The molecule has 0 aromatic carbocycles. The third-order valence-corrected chi connectivity index (χ3v) is 18.7. The molecule has 4 saturated carbocycles. The molecule has 0 spiro atoms. The van der Waals surface area contributed by atoms with Gasteiger partial charge in [0.15, 0.2) is 0 Å². The molecule has 4 aliphatic carbocycles. The van der Waals surface area contributed by atoms with Crippen molar-refractivity contribution in [2.45, 2.75) is 166 Å². The summed E-state index contributed by atoms with van der Waals surface area (Å²) in [6.07, 6.45) is 21.2. The van der Waals surface area contributed by atoms with E-state index in [9.17, 15) is 0 Å². The van der Waals surface area contributed by atoms with Crippen LogP contribution in [0.5, 0.6) is 0 Å². The predicted octanol–water partition coefficient (Wildman–Crippen LogP) is 4.56. The topological polar surface area (TPSA) is 96.2 Å². The van der Waals surface area contributed by atoms with Crippen molar-refractivity contribution in [3.05, 3.63) is 0 Å². The second kappa shape index (κ2) is 13.2. The van der Waals surface area contributed by atoms with Crippen molar-refractivity contribution in [1.82, 2.24) is 42.5 Å². The number of halogens is 2. The molecule has 0 amide bonds.